The average Bonchev–Trinajstić information content (AvgIpc) is 2.03. The summed E-state index contributed by atoms with van der Waals surface area (Å²) in [6.07, 6.45) is 0. The summed E-state index contributed by atoms with van der Waals surface area (Å²) in [7, 11) is 0. The van der Waals surface area contributed by atoms with Gasteiger partial charge in [-0.1, -0.05) is 33.6 Å². The SMILES string of the molecule is Clc1ccc(C(Cl)Cl)c(CBr)c1. The van der Waals surface area contributed by atoms with Crippen LogP contribution >= 0.6 is 50.7 Å². The Hall–Kier alpha value is 0.570. The van der Waals surface area contributed by atoms with Crippen LogP contribution in [-0.2, 0) is 5.33 Å². The molecule has 1 aromatic carbocycles. The highest BCUT2D eigenvalue weighted by Gasteiger charge is 2.08. The van der Waals surface area contributed by atoms with Crippen molar-refractivity contribution in [2.45, 2.75) is 10.2 Å². The highest BCUT2D eigenvalue weighted by molar-refractivity contribution is 9.08. The van der Waals surface area contributed by atoms with Crippen molar-refractivity contribution in [2.75, 3.05) is 0 Å². The van der Waals surface area contributed by atoms with Crippen molar-refractivity contribution in [3.8, 4) is 0 Å². The molecule has 0 radical (unpaired) electrons. The molecule has 0 N–H and O–H groups in total. The van der Waals surface area contributed by atoms with Crippen molar-refractivity contribution in [1.29, 1.82) is 0 Å². The first-order valence-electron chi connectivity index (χ1n) is 3.27. The van der Waals surface area contributed by atoms with E-state index in [1.54, 1.807) is 6.07 Å². The predicted molar refractivity (Wildman–Crippen MR) is 58.5 cm³/mol. The van der Waals surface area contributed by atoms with Gasteiger partial charge in [0.2, 0.25) is 0 Å². The fourth-order valence-corrected chi connectivity index (χ4v) is 2.01. The molecule has 0 bridgehead atoms. The molecule has 1 rings (SSSR count). The first-order chi connectivity index (χ1) is 5.65. The van der Waals surface area contributed by atoms with Crippen molar-refractivity contribution in [1.82, 2.24) is 0 Å². The van der Waals surface area contributed by atoms with Crippen LogP contribution < -0.4 is 0 Å². The smallest absolute Gasteiger partial charge is 0.100 e. The lowest BCUT2D eigenvalue weighted by Crippen LogP contribution is -1.89. The van der Waals surface area contributed by atoms with Crippen molar-refractivity contribution in [3.05, 3.63) is 34.3 Å². The number of rotatable bonds is 2. The third-order valence-electron chi connectivity index (χ3n) is 1.48. The quantitative estimate of drug-likeness (QED) is 0.691. The molecule has 12 heavy (non-hydrogen) atoms. The molecule has 66 valence electrons. The van der Waals surface area contributed by atoms with E-state index in [1.165, 1.54) is 0 Å². The zero-order valence-corrected chi connectivity index (χ0v) is 9.88. The second-order valence-electron chi connectivity index (χ2n) is 2.28. The van der Waals surface area contributed by atoms with Crippen LogP contribution in [-0.4, -0.2) is 0 Å². The van der Waals surface area contributed by atoms with Crippen molar-refractivity contribution in [2.24, 2.45) is 0 Å². The molecule has 0 aliphatic rings. The number of alkyl halides is 3. The van der Waals surface area contributed by atoms with Crippen LogP contribution in [0.3, 0.4) is 0 Å². The Morgan fingerprint density at radius 2 is 2.00 bits per heavy atom. The first-order valence-corrected chi connectivity index (χ1v) is 5.65. The lowest BCUT2D eigenvalue weighted by atomic mass is 10.1. The molecule has 0 aliphatic carbocycles. The Balaban J connectivity index is 3.11. The van der Waals surface area contributed by atoms with Gasteiger partial charge >= 0.3 is 0 Å². The molecule has 0 saturated carbocycles. The van der Waals surface area contributed by atoms with E-state index in [-0.39, 0.29) is 0 Å². The molecule has 0 heterocycles. The first kappa shape index (κ1) is 10.6. The number of hydrogen-bond acceptors (Lipinski definition) is 0. The molecular weight excluding hydrogens is 282 g/mol. The van der Waals surface area contributed by atoms with Crippen molar-refractivity contribution in [3.63, 3.8) is 0 Å². The van der Waals surface area contributed by atoms with Gasteiger partial charge in [-0.25, -0.2) is 0 Å². The summed E-state index contributed by atoms with van der Waals surface area (Å²) in [4.78, 5) is -0.491. The summed E-state index contributed by atoms with van der Waals surface area (Å²) in [5, 5.41) is 1.40. The lowest BCUT2D eigenvalue weighted by Gasteiger charge is -2.07. The molecule has 4 heteroatoms. The molecule has 0 spiro atoms. The van der Waals surface area contributed by atoms with E-state index in [1.807, 2.05) is 12.1 Å². The minimum atomic E-state index is -0.491. The van der Waals surface area contributed by atoms with Gasteiger partial charge in [0.1, 0.15) is 4.84 Å². The van der Waals surface area contributed by atoms with Gasteiger partial charge in [-0.2, -0.15) is 0 Å². The fraction of sp³-hybridized carbons (Fsp3) is 0.250. The van der Waals surface area contributed by atoms with E-state index in [2.05, 4.69) is 15.9 Å². The van der Waals surface area contributed by atoms with Crippen LogP contribution in [0.2, 0.25) is 5.02 Å². The van der Waals surface area contributed by atoms with Crippen LogP contribution in [0.4, 0.5) is 0 Å². The van der Waals surface area contributed by atoms with Crippen molar-refractivity contribution >= 4 is 50.7 Å². The van der Waals surface area contributed by atoms with Crippen LogP contribution in [0.5, 0.6) is 0 Å². The van der Waals surface area contributed by atoms with Crippen LogP contribution in [0.25, 0.3) is 0 Å². The minimum Gasteiger partial charge on any atom is -0.100 e. The summed E-state index contributed by atoms with van der Waals surface area (Å²) >= 11 is 20.6. The maximum absolute atomic E-state index is 5.79. The summed E-state index contributed by atoms with van der Waals surface area (Å²) in [6, 6.07) is 5.47. The zero-order valence-electron chi connectivity index (χ0n) is 6.03. The molecule has 0 aliphatic heterocycles. The predicted octanol–water partition coefficient (Wildman–Crippen LogP) is 4.71. The van der Waals surface area contributed by atoms with Crippen LogP contribution in [0.1, 0.15) is 16.0 Å². The Bertz CT molecular complexity index is 273. The average molecular weight is 288 g/mol. The zero-order chi connectivity index (χ0) is 9.14. The van der Waals surface area contributed by atoms with E-state index in [0.717, 1.165) is 11.1 Å². The van der Waals surface area contributed by atoms with Crippen LogP contribution in [0.15, 0.2) is 18.2 Å². The van der Waals surface area contributed by atoms with E-state index in [4.69, 9.17) is 34.8 Å². The Morgan fingerprint density at radius 1 is 1.33 bits per heavy atom. The summed E-state index contributed by atoms with van der Waals surface area (Å²) in [5.41, 5.74) is 1.93. The second kappa shape index (κ2) is 4.71. The van der Waals surface area contributed by atoms with Gasteiger partial charge in [-0.05, 0) is 23.3 Å². The maximum Gasteiger partial charge on any atom is 0.133 e. The molecule has 0 unspecified atom stereocenters. The minimum absolute atomic E-state index is 0.491. The van der Waals surface area contributed by atoms with E-state index >= 15 is 0 Å². The third-order valence-corrected chi connectivity index (χ3v) is 2.79. The fourth-order valence-electron chi connectivity index (χ4n) is 0.903. The third kappa shape index (κ3) is 2.53. The standard InChI is InChI=1S/C8H6BrCl3/c9-4-5-3-6(10)1-2-7(5)8(11)12/h1-3,8H,4H2. The summed E-state index contributed by atoms with van der Waals surface area (Å²) < 4.78 is 0. The Kier molecular flexibility index (Phi) is 4.18. The van der Waals surface area contributed by atoms with Gasteiger partial charge in [-0.15, -0.1) is 23.2 Å². The van der Waals surface area contributed by atoms with Gasteiger partial charge in [0.25, 0.3) is 0 Å². The normalized spacial score (nSPS) is 10.8. The molecule has 0 nitrogen and oxygen atoms in total. The largest absolute Gasteiger partial charge is 0.133 e. The number of halogens is 4. The molecule has 1 aromatic rings. The topological polar surface area (TPSA) is 0 Å². The van der Waals surface area contributed by atoms with Gasteiger partial charge in [0, 0.05) is 10.4 Å². The molecular formula is C8H6BrCl3. The highest BCUT2D eigenvalue weighted by atomic mass is 79.9. The highest BCUT2D eigenvalue weighted by Crippen LogP contribution is 2.30. The molecule has 0 aromatic heterocycles. The molecule has 0 atom stereocenters. The second-order valence-corrected chi connectivity index (χ2v) is 4.37. The van der Waals surface area contributed by atoms with Crippen molar-refractivity contribution < 1.29 is 0 Å². The molecule has 0 fully saturated rings. The molecule has 0 amide bonds. The van der Waals surface area contributed by atoms with Gasteiger partial charge < -0.3 is 0 Å². The monoisotopic (exact) mass is 286 g/mol. The van der Waals surface area contributed by atoms with E-state index in [0.29, 0.717) is 10.4 Å². The van der Waals surface area contributed by atoms with E-state index in [9.17, 15) is 0 Å². The van der Waals surface area contributed by atoms with Gasteiger partial charge in [-0.3, -0.25) is 0 Å². The maximum atomic E-state index is 5.79. The Morgan fingerprint density at radius 3 is 2.50 bits per heavy atom. The van der Waals surface area contributed by atoms with E-state index < -0.39 is 4.84 Å². The van der Waals surface area contributed by atoms with Gasteiger partial charge in [0.15, 0.2) is 0 Å². The van der Waals surface area contributed by atoms with Crippen LogP contribution in [0, 0.1) is 0 Å². The Labute approximate surface area is 94.9 Å². The number of hydrogen-bond donors (Lipinski definition) is 0. The molecule has 0 saturated heterocycles. The summed E-state index contributed by atoms with van der Waals surface area (Å²) in [5.74, 6) is 0. The lowest BCUT2D eigenvalue weighted by molar-refractivity contribution is 1.25. The summed E-state index contributed by atoms with van der Waals surface area (Å²) in [6.45, 7) is 0. The number of benzene rings is 1. The van der Waals surface area contributed by atoms with Gasteiger partial charge in [0.05, 0.1) is 0 Å².